The third-order valence-electron chi connectivity index (χ3n) is 2.89. The Hall–Kier alpha value is -2.28. The molecule has 0 atom stereocenters. The van der Waals surface area contributed by atoms with Crippen LogP contribution in [0.3, 0.4) is 0 Å². The lowest BCUT2D eigenvalue weighted by molar-refractivity contribution is 0.102. The molecule has 2 rings (SSSR count). The predicted molar refractivity (Wildman–Crippen MR) is 92.3 cm³/mol. The molecule has 2 N–H and O–H groups in total. The van der Waals surface area contributed by atoms with E-state index in [4.69, 9.17) is 4.74 Å². The number of carbonyl (C=O) groups is 1. The van der Waals surface area contributed by atoms with Gasteiger partial charge < -0.3 is 15.0 Å². The van der Waals surface area contributed by atoms with Gasteiger partial charge in [-0.15, -0.1) is 0 Å². The number of carbonyl (C=O) groups excluding carboxylic acids is 1. The Kier molecular flexibility index (Phi) is 6.22. The molecule has 1 aromatic heterocycles. The maximum atomic E-state index is 12.2. The summed E-state index contributed by atoms with van der Waals surface area (Å²) in [6, 6.07) is 8.26. The van der Waals surface area contributed by atoms with Crippen LogP contribution < -0.4 is 15.6 Å². The number of thioether (sulfide) groups is 1. The lowest BCUT2D eigenvalue weighted by Gasteiger charge is -2.08. The molecule has 0 aliphatic heterocycles. The molecule has 0 fully saturated rings. The van der Waals surface area contributed by atoms with Gasteiger partial charge >= 0.3 is 0 Å². The number of benzene rings is 1. The van der Waals surface area contributed by atoms with Crippen molar-refractivity contribution in [3.8, 4) is 5.75 Å². The number of nitrogens with one attached hydrogen (secondary N) is 2. The molecule has 0 bridgehead atoms. The van der Waals surface area contributed by atoms with Gasteiger partial charge in [0.25, 0.3) is 11.5 Å². The highest BCUT2D eigenvalue weighted by molar-refractivity contribution is 7.97. The van der Waals surface area contributed by atoms with Crippen molar-refractivity contribution < 1.29 is 9.53 Å². The molecule has 0 saturated heterocycles. The molecule has 0 saturated carbocycles. The van der Waals surface area contributed by atoms with Crippen LogP contribution in [0.1, 0.15) is 29.7 Å². The highest BCUT2D eigenvalue weighted by Crippen LogP contribution is 2.16. The Morgan fingerprint density at radius 3 is 2.74 bits per heavy atom. The van der Waals surface area contributed by atoms with Crippen LogP contribution in [-0.2, 0) is 5.75 Å². The zero-order valence-electron chi connectivity index (χ0n) is 13.1. The number of ether oxygens (including phenoxy) is 1. The summed E-state index contributed by atoms with van der Waals surface area (Å²) in [5.74, 6) is 1.36. The molecule has 0 unspecified atom stereocenters. The third kappa shape index (κ3) is 5.14. The van der Waals surface area contributed by atoms with Crippen LogP contribution in [0.15, 0.2) is 35.1 Å². The van der Waals surface area contributed by atoms with Crippen LogP contribution >= 0.6 is 11.8 Å². The van der Waals surface area contributed by atoms with E-state index in [0.717, 1.165) is 12.2 Å². The highest BCUT2D eigenvalue weighted by atomic mass is 32.2. The Labute approximate surface area is 138 Å². The molecular formula is C16H19N3O3S. The van der Waals surface area contributed by atoms with Gasteiger partial charge in [-0.2, -0.15) is 11.8 Å². The minimum atomic E-state index is -0.416. The predicted octanol–water partition coefficient (Wildman–Crippen LogP) is 2.67. The van der Waals surface area contributed by atoms with Crippen LogP contribution in [0.2, 0.25) is 0 Å². The Morgan fingerprint density at radius 1 is 1.35 bits per heavy atom. The molecule has 0 spiro atoms. The molecule has 122 valence electrons. The van der Waals surface area contributed by atoms with Gasteiger partial charge in [0.1, 0.15) is 17.3 Å². The lowest BCUT2D eigenvalue weighted by Crippen LogP contribution is -2.20. The van der Waals surface area contributed by atoms with E-state index in [0.29, 0.717) is 23.9 Å². The van der Waals surface area contributed by atoms with Gasteiger partial charge in [0, 0.05) is 11.8 Å². The molecule has 2 aromatic rings. The quantitative estimate of drug-likeness (QED) is 0.814. The fraction of sp³-hybridized carbons (Fsp3) is 0.312. The van der Waals surface area contributed by atoms with Crippen molar-refractivity contribution >= 4 is 23.4 Å². The van der Waals surface area contributed by atoms with E-state index >= 15 is 0 Å². The summed E-state index contributed by atoms with van der Waals surface area (Å²) < 4.78 is 5.49. The first-order chi connectivity index (χ1) is 11.1. The van der Waals surface area contributed by atoms with Crippen LogP contribution in [0.5, 0.6) is 5.75 Å². The van der Waals surface area contributed by atoms with E-state index in [2.05, 4.69) is 15.3 Å². The van der Waals surface area contributed by atoms with Gasteiger partial charge in [-0.3, -0.25) is 9.59 Å². The normalized spacial score (nSPS) is 10.3. The Bertz CT molecular complexity index is 713. The molecule has 0 aliphatic carbocycles. The topological polar surface area (TPSA) is 84.1 Å². The average molecular weight is 333 g/mol. The number of hydrogen-bond donors (Lipinski definition) is 2. The van der Waals surface area contributed by atoms with E-state index in [-0.39, 0.29) is 11.3 Å². The van der Waals surface area contributed by atoms with Crippen LogP contribution in [0.25, 0.3) is 0 Å². The van der Waals surface area contributed by atoms with E-state index in [1.807, 2.05) is 13.2 Å². The SMILES string of the molecule is CCCOc1ccc(NC(=O)c2cc(=O)[nH]c(CSC)n2)cc1. The first-order valence-corrected chi connectivity index (χ1v) is 8.65. The molecule has 0 aliphatic rings. The summed E-state index contributed by atoms with van der Waals surface area (Å²) in [4.78, 5) is 30.6. The molecular weight excluding hydrogens is 314 g/mol. The smallest absolute Gasteiger partial charge is 0.274 e. The molecule has 1 aromatic carbocycles. The first kappa shape index (κ1) is 17.1. The maximum absolute atomic E-state index is 12.2. The summed E-state index contributed by atoms with van der Waals surface area (Å²) in [6.07, 6.45) is 2.83. The highest BCUT2D eigenvalue weighted by Gasteiger charge is 2.10. The second-order valence-corrected chi connectivity index (χ2v) is 5.70. The van der Waals surface area contributed by atoms with Crippen LogP contribution in [-0.4, -0.2) is 28.7 Å². The molecule has 23 heavy (non-hydrogen) atoms. The number of nitrogens with zero attached hydrogens (tertiary/aromatic N) is 1. The Morgan fingerprint density at radius 2 is 2.09 bits per heavy atom. The number of rotatable bonds is 7. The standard InChI is InChI=1S/C16H19N3O3S/c1-3-8-22-12-6-4-11(5-7-12)17-16(21)13-9-15(20)19-14(18-13)10-23-2/h4-7,9H,3,8,10H2,1-2H3,(H,17,21)(H,18,19,20). The van der Waals surface area contributed by atoms with Crippen molar-refractivity contribution in [2.75, 3.05) is 18.2 Å². The van der Waals surface area contributed by atoms with E-state index in [1.54, 1.807) is 24.3 Å². The lowest BCUT2D eigenvalue weighted by atomic mass is 10.3. The second kappa shape index (κ2) is 8.38. The summed E-state index contributed by atoms with van der Waals surface area (Å²) in [5, 5.41) is 2.72. The first-order valence-electron chi connectivity index (χ1n) is 7.25. The van der Waals surface area contributed by atoms with Crippen molar-refractivity contribution in [1.82, 2.24) is 9.97 Å². The number of aromatic amines is 1. The fourth-order valence-electron chi connectivity index (χ4n) is 1.88. The van der Waals surface area contributed by atoms with Gasteiger partial charge in [0.15, 0.2) is 0 Å². The van der Waals surface area contributed by atoms with Gasteiger partial charge in [-0.1, -0.05) is 6.92 Å². The minimum Gasteiger partial charge on any atom is -0.494 e. The second-order valence-electron chi connectivity index (χ2n) is 4.84. The van der Waals surface area contributed by atoms with E-state index in [9.17, 15) is 9.59 Å². The molecule has 0 radical (unpaired) electrons. The Balaban J connectivity index is 2.08. The van der Waals surface area contributed by atoms with Crippen LogP contribution in [0, 0.1) is 0 Å². The van der Waals surface area contributed by atoms with Crippen molar-refractivity contribution in [2.45, 2.75) is 19.1 Å². The number of amides is 1. The molecule has 6 nitrogen and oxygen atoms in total. The van der Waals surface area contributed by atoms with Crippen LogP contribution in [0.4, 0.5) is 5.69 Å². The number of hydrogen-bond acceptors (Lipinski definition) is 5. The van der Waals surface area contributed by atoms with Gasteiger partial charge in [0.2, 0.25) is 0 Å². The maximum Gasteiger partial charge on any atom is 0.274 e. The van der Waals surface area contributed by atoms with Crippen molar-refractivity contribution in [2.24, 2.45) is 0 Å². The van der Waals surface area contributed by atoms with Crippen molar-refractivity contribution in [3.63, 3.8) is 0 Å². The number of anilines is 1. The van der Waals surface area contributed by atoms with E-state index < -0.39 is 5.91 Å². The zero-order chi connectivity index (χ0) is 16.7. The van der Waals surface area contributed by atoms with Gasteiger partial charge in [-0.05, 0) is 36.9 Å². The fourth-order valence-corrected chi connectivity index (χ4v) is 2.29. The van der Waals surface area contributed by atoms with Crippen molar-refractivity contribution in [1.29, 1.82) is 0 Å². The molecule has 1 heterocycles. The van der Waals surface area contributed by atoms with Gasteiger partial charge in [-0.25, -0.2) is 4.98 Å². The molecule has 7 heteroatoms. The van der Waals surface area contributed by atoms with Crippen molar-refractivity contribution in [3.05, 3.63) is 52.2 Å². The minimum absolute atomic E-state index is 0.101. The summed E-state index contributed by atoms with van der Waals surface area (Å²) in [7, 11) is 0. The van der Waals surface area contributed by atoms with E-state index in [1.165, 1.54) is 17.8 Å². The summed E-state index contributed by atoms with van der Waals surface area (Å²) in [6.45, 7) is 2.69. The average Bonchev–Trinajstić information content (AvgIpc) is 2.54. The number of H-pyrrole nitrogens is 1. The zero-order valence-corrected chi connectivity index (χ0v) is 13.9. The van der Waals surface area contributed by atoms with Gasteiger partial charge in [0.05, 0.1) is 12.4 Å². The monoisotopic (exact) mass is 333 g/mol. The molecule has 1 amide bonds. The summed E-state index contributed by atoms with van der Waals surface area (Å²) in [5.41, 5.74) is 0.383. The largest absolute Gasteiger partial charge is 0.494 e. The third-order valence-corrected chi connectivity index (χ3v) is 3.45. The number of aromatic nitrogens is 2. The summed E-state index contributed by atoms with van der Waals surface area (Å²) >= 11 is 1.52.